The first-order valence-corrected chi connectivity index (χ1v) is 33.3. The molecular formula is C76H64N4O38. The fourth-order valence-corrected chi connectivity index (χ4v) is 8.80. The number of hydrogen-bond acceptors (Lipinski definition) is 34. The van der Waals surface area contributed by atoms with Gasteiger partial charge in [0.05, 0.1) is 46.5 Å². The largest absolute Gasteiger partial charge is 0.493 e. The highest BCUT2D eigenvalue weighted by molar-refractivity contribution is 5.96. The maximum Gasteiger partial charge on any atom is 0.339 e. The topological polar surface area (TPSA) is 588 Å². The number of carboxylic acids is 4. The summed E-state index contributed by atoms with van der Waals surface area (Å²) in [5, 5.41) is 72.9. The molecule has 8 aromatic rings. The number of carbonyl (C=O) groups is 12. The number of carbonyl (C=O) groups excluding carboxylic acids is 8. The van der Waals surface area contributed by atoms with Crippen molar-refractivity contribution in [2.24, 2.45) is 0 Å². The minimum atomic E-state index is -1.25. The lowest BCUT2D eigenvalue weighted by Crippen LogP contribution is -2.18. The second-order valence-corrected chi connectivity index (χ2v) is 22.3. The van der Waals surface area contributed by atoms with Gasteiger partial charge in [0.25, 0.3) is 20.3 Å². The molecule has 0 amide bonds. The van der Waals surface area contributed by atoms with Crippen LogP contribution in [-0.4, -0.2) is 140 Å². The third-order valence-electron chi connectivity index (χ3n) is 14.0. The Morgan fingerprint density at radius 1 is 0.322 bits per heavy atom. The highest BCUT2D eigenvalue weighted by Gasteiger charge is 2.21. The Balaban J connectivity index is 0.000000281. The average molecular weight is 1640 g/mol. The molecule has 0 aliphatic carbocycles. The van der Waals surface area contributed by atoms with Gasteiger partial charge in [0.1, 0.15) is 70.0 Å². The van der Waals surface area contributed by atoms with Gasteiger partial charge in [-0.3, -0.25) is 24.0 Å². The van der Waals surface area contributed by atoms with Crippen molar-refractivity contribution in [2.75, 3.05) is 27.4 Å². The molecule has 0 fully saturated rings. The van der Waals surface area contributed by atoms with E-state index in [1.165, 1.54) is 190 Å². The van der Waals surface area contributed by atoms with Crippen LogP contribution in [0.2, 0.25) is 0 Å². The standard InChI is InChI=1S/C21H19NO10.C19H15NO10.2C18H15NO9/c1-29-18-13-14(8-10-17(18)32-19(23)7-4-12-30-22(27)28)9-11-20(24)31-16-6-3-2-5-15(16)21(25)26;1-27-16-10-12(6-8-15(16)30-18(22)11-28-20(25)26)7-9-17(21)29-14-5-3-2-4-13(14)19(23)24;20-16(27-13-5-3-4-12(10-13)11-26-19(24)25)8-9-17(21)28-15-7-2-1-6-14(15)18(22)23;20-16(27-13-7-5-12(6-8-13)11-26-19(24)25)9-10-17(21)28-15-4-2-1-3-14(15)18(22)23/h2-3,5-6,8-11,13H,4,7,12H2,1H3,(H,25,26);2-10H,11H2,1H3,(H,23,24);1-7,10H,8-9,11H2,(H,22,23);1-8H,9-11H2,(H,22,23)/b11-9+;9-7+;;. The lowest BCUT2D eigenvalue weighted by Gasteiger charge is -2.10. The third kappa shape index (κ3) is 34.3. The van der Waals surface area contributed by atoms with Crippen molar-refractivity contribution < 1.29 is 165 Å². The number of benzene rings is 8. The van der Waals surface area contributed by atoms with Gasteiger partial charge in [-0.2, -0.15) is 0 Å². The number of para-hydroxylation sites is 4. The van der Waals surface area contributed by atoms with Crippen LogP contribution in [0, 0.1) is 40.5 Å². The Labute approximate surface area is 662 Å². The summed E-state index contributed by atoms with van der Waals surface area (Å²) in [4.78, 5) is 196. The van der Waals surface area contributed by atoms with Gasteiger partial charge in [-0.25, -0.2) is 33.6 Å². The maximum atomic E-state index is 12.0. The zero-order valence-corrected chi connectivity index (χ0v) is 61.2. The van der Waals surface area contributed by atoms with Crippen LogP contribution >= 0.6 is 0 Å². The summed E-state index contributed by atoms with van der Waals surface area (Å²) in [7, 11) is 2.67. The van der Waals surface area contributed by atoms with E-state index in [4.69, 9.17) is 67.8 Å². The van der Waals surface area contributed by atoms with Gasteiger partial charge in [-0.1, -0.05) is 84.9 Å². The number of methoxy groups -OCH3 is 2. The van der Waals surface area contributed by atoms with Gasteiger partial charge < -0.3 is 87.1 Å². The molecule has 42 nitrogen and oxygen atoms in total. The number of rotatable bonds is 38. The van der Waals surface area contributed by atoms with Crippen molar-refractivity contribution in [3.63, 3.8) is 0 Å². The predicted octanol–water partition coefficient (Wildman–Crippen LogP) is 9.80. The van der Waals surface area contributed by atoms with E-state index in [0.717, 1.165) is 12.2 Å². The molecule has 42 heteroatoms. The van der Waals surface area contributed by atoms with Gasteiger partial charge in [0.2, 0.25) is 0 Å². The first-order chi connectivity index (χ1) is 56.3. The van der Waals surface area contributed by atoms with Crippen molar-refractivity contribution in [1.82, 2.24) is 0 Å². The summed E-state index contributed by atoms with van der Waals surface area (Å²) in [5.74, 6) is -10.8. The minimum absolute atomic E-state index is 0.00967. The number of esters is 8. The van der Waals surface area contributed by atoms with Crippen LogP contribution in [0.15, 0.2) is 194 Å². The average Bonchev–Trinajstić information content (AvgIpc) is 0.860. The van der Waals surface area contributed by atoms with Gasteiger partial charge >= 0.3 is 71.6 Å². The van der Waals surface area contributed by atoms with Crippen molar-refractivity contribution in [3.8, 4) is 57.5 Å². The number of hydrogen-bond donors (Lipinski definition) is 4. The fourth-order valence-electron chi connectivity index (χ4n) is 8.80. The van der Waals surface area contributed by atoms with Crippen molar-refractivity contribution in [3.05, 3.63) is 279 Å². The Hall–Kier alpha value is -16.7. The van der Waals surface area contributed by atoms with Crippen LogP contribution in [0.4, 0.5) is 0 Å². The van der Waals surface area contributed by atoms with E-state index < -0.39 is 98.6 Å². The number of ether oxygens (including phenoxy) is 10. The monoisotopic (exact) mass is 1640 g/mol. The summed E-state index contributed by atoms with van der Waals surface area (Å²) in [5.41, 5.74) is 1.27. The molecule has 8 rings (SSSR count). The van der Waals surface area contributed by atoms with Crippen molar-refractivity contribution in [2.45, 2.75) is 51.7 Å². The maximum absolute atomic E-state index is 12.0. The third-order valence-corrected chi connectivity index (χ3v) is 14.0. The van der Waals surface area contributed by atoms with Crippen LogP contribution in [0.5, 0.6) is 57.5 Å². The first kappa shape index (κ1) is 91.9. The van der Waals surface area contributed by atoms with Crippen LogP contribution < -0.4 is 47.4 Å². The molecule has 4 N–H and O–H groups in total. The lowest BCUT2D eigenvalue weighted by molar-refractivity contribution is -0.763. The van der Waals surface area contributed by atoms with E-state index in [9.17, 15) is 98.0 Å². The zero-order valence-electron chi connectivity index (χ0n) is 61.2. The van der Waals surface area contributed by atoms with Crippen LogP contribution in [-0.2, 0) is 70.9 Å². The molecule has 118 heavy (non-hydrogen) atoms. The Bertz CT molecular complexity index is 5040. The van der Waals surface area contributed by atoms with Crippen LogP contribution in [0.25, 0.3) is 12.2 Å². The van der Waals surface area contributed by atoms with E-state index >= 15 is 0 Å². The van der Waals surface area contributed by atoms with Crippen LogP contribution in [0.3, 0.4) is 0 Å². The van der Waals surface area contributed by atoms with E-state index in [2.05, 4.69) is 19.4 Å². The smallest absolute Gasteiger partial charge is 0.339 e. The molecular weight excluding hydrogens is 1580 g/mol. The Morgan fingerprint density at radius 3 is 1.06 bits per heavy atom. The first-order valence-electron chi connectivity index (χ1n) is 33.3. The van der Waals surface area contributed by atoms with Gasteiger partial charge in [-0.05, 0) is 138 Å². The molecule has 0 spiro atoms. The number of aromatic carboxylic acids is 4. The van der Waals surface area contributed by atoms with Crippen LogP contribution in [0.1, 0.15) is 102 Å². The normalized spacial score (nSPS) is 10.2. The molecule has 0 heterocycles. The molecule has 0 aromatic heterocycles. The van der Waals surface area contributed by atoms with Crippen molar-refractivity contribution >= 4 is 83.8 Å². The number of carboxylic acid groups (broad SMARTS) is 4. The summed E-state index contributed by atoms with van der Waals surface area (Å²) in [6, 6.07) is 43.2. The molecule has 0 unspecified atom stereocenters. The Morgan fingerprint density at radius 2 is 0.669 bits per heavy atom. The van der Waals surface area contributed by atoms with Gasteiger partial charge in [-0.15, -0.1) is 40.5 Å². The van der Waals surface area contributed by atoms with Gasteiger partial charge in [0, 0.05) is 18.6 Å². The molecule has 0 radical (unpaired) electrons. The van der Waals surface area contributed by atoms with E-state index in [-0.39, 0.29) is 138 Å². The second-order valence-electron chi connectivity index (χ2n) is 22.3. The molecule has 0 aliphatic heterocycles. The summed E-state index contributed by atoms with van der Waals surface area (Å²) in [6.45, 7) is -1.64. The van der Waals surface area contributed by atoms with E-state index in [1.54, 1.807) is 18.2 Å². The Kier molecular flexibility index (Phi) is 37.5. The molecule has 0 saturated heterocycles. The fraction of sp³-hybridized carbons (Fsp3) is 0.158. The zero-order chi connectivity index (χ0) is 86.6. The number of nitrogens with zero attached hydrogens (tertiary/aromatic N) is 4. The lowest BCUT2D eigenvalue weighted by atomic mass is 10.2. The predicted molar refractivity (Wildman–Crippen MR) is 393 cm³/mol. The summed E-state index contributed by atoms with van der Waals surface area (Å²) in [6.07, 6.45) is 3.77. The quantitative estimate of drug-likeness (QED) is 0.00698. The molecule has 0 saturated carbocycles. The van der Waals surface area contributed by atoms with Gasteiger partial charge in [0.15, 0.2) is 29.6 Å². The summed E-state index contributed by atoms with van der Waals surface area (Å²) >= 11 is 0. The molecule has 616 valence electrons. The SMILES string of the molecule is COc1cc(/C=C/C(=O)Oc2ccccc2C(=O)O)ccc1OC(=O)CCCO[N+](=O)[O-].COc1cc(/C=C/C(=O)Oc2ccccc2C(=O)O)ccc1OC(=O)CO[N+](=O)[O-].O=C(CCC(=O)Oc1ccccc1C(=O)O)Oc1ccc(CO[N+](=O)[O-])cc1.O=C(CCC(=O)Oc1ccccc1C(=O)O)Oc1cccc(CO[N+](=O)[O-])c1. The molecule has 0 aliphatic rings. The van der Waals surface area contributed by atoms with Crippen molar-refractivity contribution in [1.29, 1.82) is 0 Å². The minimum Gasteiger partial charge on any atom is -0.493 e. The molecule has 8 aromatic carbocycles. The second kappa shape index (κ2) is 48.1. The molecule has 0 bridgehead atoms. The summed E-state index contributed by atoms with van der Waals surface area (Å²) < 4.78 is 50.5. The van der Waals surface area contributed by atoms with E-state index in [0.29, 0.717) is 22.3 Å². The highest BCUT2D eigenvalue weighted by atomic mass is 17.0. The molecule has 0 atom stereocenters. The highest BCUT2D eigenvalue weighted by Crippen LogP contribution is 2.32. The van der Waals surface area contributed by atoms with E-state index in [1.807, 2.05) is 0 Å².